The second-order valence-corrected chi connectivity index (χ2v) is 9.60. The first-order valence-electron chi connectivity index (χ1n) is 10.2. The van der Waals surface area contributed by atoms with E-state index in [1.165, 1.54) is 4.31 Å². The number of anilines is 2. The van der Waals surface area contributed by atoms with Crippen molar-refractivity contribution in [3.63, 3.8) is 0 Å². The Morgan fingerprint density at radius 2 is 1.88 bits per heavy atom. The normalized spacial score (nSPS) is 15.2. The van der Waals surface area contributed by atoms with Crippen molar-refractivity contribution >= 4 is 32.4 Å². The van der Waals surface area contributed by atoms with E-state index >= 15 is 0 Å². The molecule has 0 spiro atoms. The summed E-state index contributed by atoms with van der Waals surface area (Å²) in [5, 5.41) is 1.62. The van der Waals surface area contributed by atoms with Gasteiger partial charge in [-0.25, -0.2) is 23.4 Å². The number of hydrogen-bond acceptors (Lipinski definition) is 7. The number of nitrogens with two attached hydrogens (primary N) is 1. The van der Waals surface area contributed by atoms with E-state index in [2.05, 4.69) is 15.0 Å². The fraction of sp³-hybridized carbons (Fsp3) is 0.174. The van der Waals surface area contributed by atoms with Crippen molar-refractivity contribution < 1.29 is 13.2 Å². The minimum absolute atomic E-state index is 0.162. The summed E-state index contributed by atoms with van der Waals surface area (Å²) in [5.74, 6) is 1.32. The van der Waals surface area contributed by atoms with Crippen LogP contribution >= 0.6 is 0 Å². The van der Waals surface area contributed by atoms with Crippen LogP contribution in [0.25, 0.3) is 22.0 Å². The molecule has 2 N–H and O–H groups in total. The van der Waals surface area contributed by atoms with Crippen molar-refractivity contribution in [2.24, 2.45) is 0 Å². The van der Waals surface area contributed by atoms with Gasteiger partial charge in [0, 0.05) is 29.7 Å². The average molecular weight is 448 g/mol. The third-order valence-electron chi connectivity index (χ3n) is 5.47. The number of fused-ring (bicyclic) bond motifs is 1. The number of rotatable bonds is 4. The maximum absolute atomic E-state index is 12.5. The lowest BCUT2D eigenvalue weighted by molar-refractivity contribution is 0.466. The molecule has 4 aromatic rings. The first kappa shape index (κ1) is 20.2. The highest BCUT2D eigenvalue weighted by Gasteiger charge is 2.30. The van der Waals surface area contributed by atoms with E-state index in [9.17, 15) is 8.42 Å². The first-order valence-corrected chi connectivity index (χ1v) is 11.8. The van der Waals surface area contributed by atoms with Crippen molar-refractivity contribution in [1.29, 1.82) is 0 Å². The highest BCUT2D eigenvalue weighted by Crippen LogP contribution is 2.40. The van der Waals surface area contributed by atoms with Gasteiger partial charge in [-0.15, -0.1) is 0 Å². The van der Waals surface area contributed by atoms with Crippen LogP contribution in [-0.4, -0.2) is 35.7 Å². The third kappa shape index (κ3) is 3.50. The number of aromatic nitrogens is 3. The predicted octanol–water partition coefficient (Wildman–Crippen LogP) is 3.91. The summed E-state index contributed by atoms with van der Waals surface area (Å²) in [6.45, 7) is 2.42. The molecule has 0 bridgehead atoms. The van der Waals surface area contributed by atoms with Gasteiger partial charge in [-0.2, -0.15) is 0 Å². The maximum Gasteiger partial charge on any atom is 0.235 e. The highest BCUT2D eigenvalue weighted by molar-refractivity contribution is 7.93. The van der Waals surface area contributed by atoms with E-state index in [4.69, 9.17) is 10.5 Å². The van der Waals surface area contributed by atoms with Crippen LogP contribution in [0.2, 0.25) is 0 Å². The van der Waals surface area contributed by atoms with Gasteiger partial charge in [0.15, 0.2) is 0 Å². The van der Waals surface area contributed by atoms with Crippen molar-refractivity contribution in [2.75, 3.05) is 22.3 Å². The molecule has 9 heteroatoms. The van der Waals surface area contributed by atoms with Crippen molar-refractivity contribution in [3.8, 4) is 22.9 Å². The molecular weight excluding hydrogens is 426 g/mol. The van der Waals surface area contributed by atoms with Crippen LogP contribution in [0.1, 0.15) is 12.0 Å². The molecule has 0 unspecified atom stereocenters. The Hall–Kier alpha value is -3.72. The molecule has 0 aliphatic carbocycles. The molecule has 1 fully saturated rings. The summed E-state index contributed by atoms with van der Waals surface area (Å²) in [5.41, 5.74) is 8.60. The van der Waals surface area contributed by atoms with Gasteiger partial charge in [0.2, 0.25) is 21.9 Å². The molecule has 2 aromatic heterocycles. The molecule has 1 aliphatic rings. The minimum atomic E-state index is -3.31. The first-order chi connectivity index (χ1) is 15.4. The van der Waals surface area contributed by atoms with Crippen molar-refractivity contribution in [3.05, 3.63) is 66.5 Å². The fourth-order valence-electron chi connectivity index (χ4n) is 3.97. The summed E-state index contributed by atoms with van der Waals surface area (Å²) < 4.78 is 32.9. The molecule has 0 amide bonds. The smallest absolute Gasteiger partial charge is 0.235 e. The molecular formula is C23H21N5O3S. The van der Waals surface area contributed by atoms with E-state index in [1.807, 2.05) is 43.3 Å². The second-order valence-electron chi connectivity index (χ2n) is 7.58. The Morgan fingerprint density at radius 1 is 1.00 bits per heavy atom. The van der Waals surface area contributed by atoms with Gasteiger partial charge < -0.3 is 10.5 Å². The van der Waals surface area contributed by atoms with Crippen molar-refractivity contribution in [2.45, 2.75) is 13.3 Å². The second kappa shape index (κ2) is 7.76. The molecule has 5 rings (SSSR count). The number of benzene rings is 2. The van der Waals surface area contributed by atoms with Crippen LogP contribution in [0.4, 0.5) is 11.6 Å². The Morgan fingerprint density at radius 3 is 2.66 bits per heavy atom. The number of pyridine rings is 1. The summed E-state index contributed by atoms with van der Waals surface area (Å²) >= 11 is 0. The molecule has 1 aliphatic heterocycles. The molecule has 0 atom stereocenters. The Labute approximate surface area is 185 Å². The minimum Gasteiger partial charge on any atom is -0.437 e. The van der Waals surface area contributed by atoms with E-state index in [0.717, 1.165) is 16.3 Å². The lowest BCUT2D eigenvalue weighted by atomic mass is 10.0. The zero-order chi connectivity index (χ0) is 22.3. The number of sulfonamides is 1. The van der Waals surface area contributed by atoms with Gasteiger partial charge in [-0.3, -0.25) is 4.31 Å². The van der Waals surface area contributed by atoms with Crippen LogP contribution in [0, 0.1) is 6.92 Å². The largest absolute Gasteiger partial charge is 0.437 e. The lowest BCUT2D eigenvalue weighted by Crippen LogP contribution is -2.25. The molecule has 2 aromatic carbocycles. The number of ether oxygens (including phenoxy) is 1. The molecule has 32 heavy (non-hydrogen) atoms. The zero-order valence-electron chi connectivity index (χ0n) is 17.4. The number of aryl methyl sites for hydroxylation is 1. The number of nitrogen functional groups attached to an aromatic ring is 1. The van der Waals surface area contributed by atoms with E-state index in [0.29, 0.717) is 41.5 Å². The van der Waals surface area contributed by atoms with Gasteiger partial charge >= 0.3 is 0 Å². The summed E-state index contributed by atoms with van der Waals surface area (Å²) in [7, 11) is -3.31. The fourth-order valence-corrected chi connectivity index (χ4v) is 5.55. The van der Waals surface area contributed by atoms with Crippen molar-refractivity contribution in [1.82, 2.24) is 15.0 Å². The molecule has 162 valence electrons. The van der Waals surface area contributed by atoms with Crippen LogP contribution in [-0.2, 0) is 10.0 Å². The van der Waals surface area contributed by atoms with Gasteiger partial charge in [0.05, 0.1) is 22.7 Å². The predicted molar refractivity (Wildman–Crippen MR) is 124 cm³/mol. The van der Waals surface area contributed by atoms with E-state index < -0.39 is 10.0 Å². The topological polar surface area (TPSA) is 111 Å². The van der Waals surface area contributed by atoms with Crippen LogP contribution < -0.4 is 14.8 Å². The zero-order valence-corrected chi connectivity index (χ0v) is 18.2. The monoisotopic (exact) mass is 447 g/mol. The van der Waals surface area contributed by atoms with Gasteiger partial charge in [-0.1, -0.05) is 24.3 Å². The molecule has 8 nitrogen and oxygen atoms in total. The Kier molecular flexibility index (Phi) is 4.90. The lowest BCUT2D eigenvalue weighted by Gasteiger charge is -2.21. The molecule has 0 saturated carbocycles. The van der Waals surface area contributed by atoms with Crippen LogP contribution in [0.5, 0.6) is 11.6 Å². The van der Waals surface area contributed by atoms with E-state index in [-0.39, 0.29) is 11.7 Å². The number of hydrogen-bond donors (Lipinski definition) is 1. The van der Waals surface area contributed by atoms with Gasteiger partial charge in [-0.05, 0) is 43.2 Å². The van der Waals surface area contributed by atoms with Gasteiger partial charge in [0.25, 0.3) is 0 Å². The summed E-state index contributed by atoms with van der Waals surface area (Å²) in [6.07, 6.45) is 3.85. The molecule has 0 radical (unpaired) electrons. The third-order valence-corrected chi connectivity index (χ3v) is 7.33. The highest BCUT2D eigenvalue weighted by atomic mass is 32.2. The van der Waals surface area contributed by atoms with Crippen LogP contribution in [0.3, 0.4) is 0 Å². The average Bonchev–Trinajstić information content (AvgIpc) is 3.14. The van der Waals surface area contributed by atoms with Crippen LogP contribution in [0.15, 0.2) is 60.9 Å². The molecule has 3 heterocycles. The summed E-state index contributed by atoms with van der Waals surface area (Å²) in [4.78, 5) is 12.7. The standard InChI is InChI=1S/C23H21N5O3S/c1-15-8-9-16-17(5-2-7-20(16)28-13-4-14-32(28,29)30)21(15)31-22-18(6-3-11-25-22)19-10-12-26-23(24)27-19/h2-3,5-12H,4,13-14H2,1H3,(H2,24,26,27). The summed E-state index contributed by atoms with van der Waals surface area (Å²) in [6, 6.07) is 14.9. The molecule has 1 saturated heterocycles. The number of nitrogens with zero attached hydrogens (tertiary/aromatic N) is 4. The van der Waals surface area contributed by atoms with E-state index in [1.54, 1.807) is 24.5 Å². The Bertz CT molecular complexity index is 1440. The Balaban J connectivity index is 1.64. The maximum atomic E-state index is 12.5. The quantitative estimate of drug-likeness (QED) is 0.505. The SMILES string of the molecule is Cc1ccc2c(N3CCCS3(=O)=O)cccc2c1Oc1ncccc1-c1ccnc(N)n1. The van der Waals surface area contributed by atoms with Gasteiger partial charge in [0.1, 0.15) is 5.75 Å².